The van der Waals surface area contributed by atoms with Crippen molar-refractivity contribution in [3.05, 3.63) is 0 Å². The Hall–Kier alpha value is -1.83. The zero-order valence-corrected chi connectivity index (χ0v) is 12.1. The zero-order valence-electron chi connectivity index (χ0n) is 12.1. The van der Waals surface area contributed by atoms with Crippen LogP contribution in [0.1, 0.15) is 19.3 Å². The summed E-state index contributed by atoms with van der Waals surface area (Å²) in [5.41, 5.74) is 0. The molecule has 0 aromatic heterocycles. The summed E-state index contributed by atoms with van der Waals surface area (Å²) >= 11 is 0. The first kappa shape index (κ1) is 15.6. The second-order valence-electron chi connectivity index (χ2n) is 5.25. The highest BCUT2D eigenvalue weighted by Gasteiger charge is 2.39. The number of carbonyl (C=O) groups is 3. The number of ether oxygens (including phenoxy) is 1. The van der Waals surface area contributed by atoms with Crippen molar-refractivity contribution in [3.8, 4) is 0 Å². The molecule has 1 heterocycles. The van der Waals surface area contributed by atoms with Gasteiger partial charge in [-0.25, -0.2) is 4.79 Å². The van der Waals surface area contributed by atoms with E-state index in [1.165, 1.54) is 11.9 Å². The molecule has 2 aliphatic rings. The van der Waals surface area contributed by atoms with E-state index in [0.717, 1.165) is 12.8 Å². The first-order chi connectivity index (χ1) is 10.0. The van der Waals surface area contributed by atoms with Crippen molar-refractivity contribution in [2.24, 2.45) is 0 Å². The summed E-state index contributed by atoms with van der Waals surface area (Å²) in [5, 5.41) is 11.3. The van der Waals surface area contributed by atoms with Crippen LogP contribution in [0, 0.1) is 0 Å². The van der Waals surface area contributed by atoms with E-state index in [2.05, 4.69) is 5.32 Å². The van der Waals surface area contributed by atoms with Gasteiger partial charge in [-0.05, 0) is 12.8 Å². The number of nitrogens with zero attached hydrogens (tertiary/aromatic N) is 2. The van der Waals surface area contributed by atoms with Crippen molar-refractivity contribution >= 4 is 17.9 Å². The third-order valence-corrected chi connectivity index (χ3v) is 3.72. The molecule has 1 aliphatic carbocycles. The number of carbonyl (C=O) groups excluding carboxylic acids is 2. The average Bonchev–Trinajstić information content (AvgIpc) is 3.31. The summed E-state index contributed by atoms with van der Waals surface area (Å²) in [6, 6.07) is -0.817. The Morgan fingerprint density at radius 2 is 2.10 bits per heavy atom. The summed E-state index contributed by atoms with van der Waals surface area (Å²) in [5.74, 6) is -1.20. The summed E-state index contributed by atoms with van der Waals surface area (Å²) in [6.07, 6.45) is 1.69. The predicted molar refractivity (Wildman–Crippen MR) is 72.8 cm³/mol. The topological polar surface area (TPSA) is 99.2 Å². The van der Waals surface area contributed by atoms with E-state index >= 15 is 0 Å². The van der Waals surface area contributed by atoms with Crippen LogP contribution in [0.25, 0.3) is 0 Å². The monoisotopic (exact) mass is 299 g/mol. The molecule has 1 saturated heterocycles. The minimum absolute atomic E-state index is 0.0861. The molecule has 1 aliphatic heterocycles. The maximum absolute atomic E-state index is 12.6. The molecular weight excluding hydrogens is 278 g/mol. The first-order valence-electron chi connectivity index (χ1n) is 7.13. The molecule has 21 heavy (non-hydrogen) atoms. The largest absolute Gasteiger partial charge is 0.481 e. The normalized spacial score (nSPS) is 21.8. The second kappa shape index (κ2) is 6.75. The quantitative estimate of drug-likeness (QED) is 0.712. The van der Waals surface area contributed by atoms with Gasteiger partial charge in [-0.2, -0.15) is 0 Å². The number of nitrogens with one attached hydrogen (secondary N) is 1. The van der Waals surface area contributed by atoms with Crippen LogP contribution in [-0.4, -0.2) is 78.2 Å². The van der Waals surface area contributed by atoms with Gasteiger partial charge >= 0.3 is 12.0 Å². The number of rotatable bonds is 5. The molecule has 0 bridgehead atoms. The van der Waals surface area contributed by atoms with Crippen LogP contribution in [0.4, 0.5) is 4.79 Å². The molecule has 0 spiro atoms. The lowest BCUT2D eigenvalue weighted by atomic mass is 10.2. The highest BCUT2D eigenvalue weighted by Crippen LogP contribution is 2.28. The number of carboxylic acid groups (broad SMARTS) is 1. The number of hydrogen-bond donors (Lipinski definition) is 2. The van der Waals surface area contributed by atoms with Gasteiger partial charge < -0.3 is 25.0 Å². The molecule has 2 fully saturated rings. The molecule has 0 aromatic rings. The molecular formula is C13H21N3O5. The number of urea groups is 1. The zero-order chi connectivity index (χ0) is 15.4. The highest BCUT2D eigenvalue weighted by molar-refractivity contribution is 5.87. The first-order valence-corrected chi connectivity index (χ1v) is 7.13. The fraction of sp³-hybridized carbons (Fsp3) is 0.769. The van der Waals surface area contributed by atoms with Gasteiger partial charge in [0.05, 0.1) is 19.6 Å². The summed E-state index contributed by atoms with van der Waals surface area (Å²) in [4.78, 5) is 38.3. The van der Waals surface area contributed by atoms with Gasteiger partial charge in [0.1, 0.15) is 6.04 Å². The Bertz CT molecular complexity index is 424. The van der Waals surface area contributed by atoms with E-state index < -0.39 is 12.0 Å². The number of aliphatic carboxylic acids is 1. The van der Waals surface area contributed by atoms with Crippen molar-refractivity contribution < 1.29 is 24.2 Å². The summed E-state index contributed by atoms with van der Waals surface area (Å²) in [7, 11) is 1.52. The molecule has 8 nitrogen and oxygen atoms in total. The summed E-state index contributed by atoms with van der Waals surface area (Å²) < 4.78 is 5.27. The van der Waals surface area contributed by atoms with Gasteiger partial charge in [0.25, 0.3) is 0 Å². The molecule has 1 atom stereocenters. The van der Waals surface area contributed by atoms with Gasteiger partial charge in [-0.15, -0.1) is 0 Å². The lowest BCUT2D eigenvalue weighted by Gasteiger charge is -2.37. The standard InChI is InChI=1S/C13H21N3O5/c1-14-12(19)10-8-21-7-6-16(10)13(20)15(9-2-3-9)5-4-11(17)18/h9-10H,2-8H2,1H3,(H,14,19)(H,17,18). The minimum atomic E-state index is -0.932. The molecule has 0 aromatic carbocycles. The number of morpholine rings is 1. The molecule has 118 valence electrons. The van der Waals surface area contributed by atoms with Gasteiger partial charge in [0.2, 0.25) is 5.91 Å². The number of amides is 3. The molecule has 2 N–H and O–H groups in total. The van der Waals surface area contributed by atoms with E-state index in [0.29, 0.717) is 13.2 Å². The lowest BCUT2D eigenvalue weighted by Crippen LogP contribution is -2.59. The Labute approximate surface area is 123 Å². The van der Waals surface area contributed by atoms with Gasteiger partial charge in [-0.3, -0.25) is 9.59 Å². The van der Waals surface area contributed by atoms with Crippen molar-refractivity contribution in [2.45, 2.75) is 31.3 Å². The fourth-order valence-corrected chi connectivity index (χ4v) is 2.42. The Kier molecular flexibility index (Phi) is 5.00. The van der Waals surface area contributed by atoms with E-state index in [9.17, 15) is 14.4 Å². The van der Waals surface area contributed by atoms with Gasteiger partial charge in [0.15, 0.2) is 0 Å². The van der Waals surface area contributed by atoms with E-state index in [-0.39, 0.29) is 37.6 Å². The van der Waals surface area contributed by atoms with Crippen LogP contribution in [-0.2, 0) is 14.3 Å². The molecule has 8 heteroatoms. The van der Waals surface area contributed by atoms with E-state index in [1.54, 1.807) is 4.90 Å². The van der Waals surface area contributed by atoms with Crippen LogP contribution >= 0.6 is 0 Å². The third kappa shape index (κ3) is 3.84. The van der Waals surface area contributed by atoms with E-state index in [1.807, 2.05) is 0 Å². The number of likely N-dealkylation sites (N-methyl/N-ethyl adjacent to an activating group) is 1. The van der Waals surface area contributed by atoms with Crippen LogP contribution < -0.4 is 5.32 Å². The Balaban J connectivity index is 2.06. The smallest absolute Gasteiger partial charge is 0.321 e. The molecule has 1 unspecified atom stereocenters. The Morgan fingerprint density at radius 1 is 1.38 bits per heavy atom. The lowest BCUT2D eigenvalue weighted by molar-refractivity contribution is -0.137. The third-order valence-electron chi connectivity index (χ3n) is 3.72. The molecule has 3 amide bonds. The van der Waals surface area contributed by atoms with Crippen LogP contribution in [0.3, 0.4) is 0 Å². The van der Waals surface area contributed by atoms with E-state index in [4.69, 9.17) is 9.84 Å². The van der Waals surface area contributed by atoms with Crippen molar-refractivity contribution in [1.29, 1.82) is 0 Å². The van der Waals surface area contributed by atoms with Gasteiger partial charge in [-0.1, -0.05) is 0 Å². The van der Waals surface area contributed by atoms with Crippen LogP contribution in [0.5, 0.6) is 0 Å². The van der Waals surface area contributed by atoms with Gasteiger partial charge in [0, 0.05) is 26.2 Å². The Morgan fingerprint density at radius 3 is 2.67 bits per heavy atom. The van der Waals surface area contributed by atoms with Crippen molar-refractivity contribution in [3.63, 3.8) is 0 Å². The van der Waals surface area contributed by atoms with Crippen molar-refractivity contribution in [1.82, 2.24) is 15.1 Å². The average molecular weight is 299 g/mol. The predicted octanol–water partition coefficient (Wildman–Crippen LogP) is -0.508. The molecule has 1 saturated carbocycles. The number of hydrogen-bond acceptors (Lipinski definition) is 4. The minimum Gasteiger partial charge on any atom is -0.481 e. The summed E-state index contributed by atoms with van der Waals surface area (Å²) in [6.45, 7) is 1.07. The second-order valence-corrected chi connectivity index (χ2v) is 5.25. The van der Waals surface area contributed by atoms with Crippen molar-refractivity contribution in [2.75, 3.05) is 33.4 Å². The number of carboxylic acids is 1. The van der Waals surface area contributed by atoms with Crippen LogP contribution in [0.2, 0.25) is 0 Å². The highest BCUT2D eigenvalue weighted by atomic mass is 16.5. The maximum atomic E-state index is 12.6. The maximum Gasteiger partial charge on any atom is 0.321 e. The molecule has 2 rings (SSSR count). The fourth-order valence-electron chi connectivity index (χ4n) is 2.42. The van der Waals surface area contributed by atoms with Crippen LogP contribution in [0.15, 0.2) is 0 Å². The molecule has 0 radical (unpaired) electrons. The SMILES string of the molecule is CNC(=O)C1COCCN1C(=O)N(CCC(=O)O)C1CC1.